The summed E-state index contributed by atoms with van der Waals surface area (Å²) in [7, 11) is 3.97. The summed E-state index contributed by atoms with van der Waals surface area (Å²) in [4.78, 5) is 28.2. The summed E-state index contributed by atoms with van der Waals surface area (Å²) in [5, 5.41) is 2.92. The van der Waals surface area contributed by atoms with Crippen LogP contribution in [0.2, 0.25) is 0 Å². The van der Waals surface area contributed by atoms with Crippen LogP contribution < -0.4 is 15.1 Å². The third-order valence-electron chi connectivity index (χ3n) is 4.96. The molecule has 1 aliphatic heterocycles. The van der Waals surface area contributed by atoms with E-state index in [0.29, 0.717) is 17.2 Å². The Kier molecular flexibility index (Phi) is 5.91. The zero-order valence-electron chi connectivity index (χ0n) is 16.6. The Morgan fingerprint density at radius 2 is 1.81 bits per heavy atom. The minimum atomic E-state index is -0.188. The van der Waals surface area contributed by atoms with Gasteiger partial charge in [-0.15, -0.1) is 0 Å². The molecule has 1 aromatic carbocycles. The smallest absolute Gasteiger partial charge is 0.259 e. The van der Waals surface area contributed by atoms with E-state index in [1.165, 1.54) is 0 Å². The third kappa shape index (κ3) is 4.54. The van der Waals surface area contributed by atoms with Crippen molar-refractivity contribution in [2.24, 2.45) is 0 Å². The van der Waals surface area contributed by atoms with Gasteiger partial charge in [-0.1, -0.05) is 6.92 Å². The van der Waals surface area contributed by atoms with Gasteiger partial charge in [0.25, 0.3) is 5.91 Å². The summed E-state index contributed by atoms with van der Waals surface area (Å²) in [5.74, 6) is 0.516. The lowest BCUT2D eigenvalue weighted by Gasteiger charge is -2.34. The number of aryl methyl sites for hydroxylation is 1. The third-order valence-corrected chi connectivity index (χ3v) is 4.96. The van der Waals surface area contributed by atoms with Gasteiger partial charge in [0, 0.05) is 57.8 Å². The topological polar surface area (TPSA) is 64.6 Å². The van der Waals surface area contributed by atoms with Crippen LogP contribution in [-0.2, 0) is 0 Å². The Morgan fingerprint density at radius 3 is 2.37 bits per heavy atom. The first-order valence-corrected chi connectivity index (χ1v) is 9.37. The van der Waals surface area contributed by atoms with Gasteiger partial charge in [-0.2, -0.15) is 0 Å². The van der Waals surface area contributed by atoms with E-state index in [0.717, 1.165) is 44.1 Å². The van der Waals surface area contributed by atoms with E-state index in [2.05, 4.69) is 32.0 Å². The molecule has 0 bridgehead atoms. The van der Waals surface area contributed by atoms with Crippen molar-refractivity contribution in [1.29, 1.82) is 0 Å². The van der Waals surface area contributed by atoms with Crippen LogP contribution >= 0.6 is 0 Å². The number of anilines is 3. The van der Waals surface area contributed by atoms with Crippen LogP contribution in [-0.4, -0.2) is 67.6 Å². The van der Waals surface area contributed by atoms with E-state index in [9.17, 15) is 4.79 Å². The van der Waals surface area contributed by atoms with Gasteiger partial charge in [0.05, 0.1) is 11.3 Å². The number of nitrogens with one attached hydrogen (secondary N) is 1. The molecule has 3 rings (SSSR count). The van der Waals surface area contributed by atoms with Gasteiger partial charge in [0.15, 0.2) is 0 Å². The molecule has 7 heteroatoms. The molecular formula is C20H28N6O. The maximum absolute atomic E-state index is 12.6. The molecule has 1 amide bonds. The molecule has 27 heavy (non-hydrogen) atoms. The van der Waals surface area contributed by atoms with Crippen molar-refractivity contribution in [2.45, 2.75) is 13.8 Å². The zero-order chi connectivity index (χ0) is 19.4. The average Bonchev–Trinajstić information content (AvgIpc) is 2.68. The van der Waals surface area contributed by atoms with Crippen LogP contribution in [0.5, 0.6) is 0 Å². The highest BCUT2D eigenvalue weighted by atomic mass is 16.1. The second kappa shape index (κ2) is 8.35. The van der Waals surface area contributed by atoms with Gasteiger partial charge in [0.1, 0.15) is 0 Å². The molecule has 1 saturated heterocycles. The summed E-state index contributed by atoms with van der Waals surface area (Å²) < 4.78 is 0. The highest BCUT2D eigenvalue weighted by molar-refractivity contribution is 6.04. The van der Waals surface area contributed by atoms with Crippen molar-refractivity contribution >= 4 is 23.2 Å². The van der Waals surface area contributed by atoms with Crippen LogP contribution in [0.1, 0.15) is 23.0 Å². The number of aromatic nitrogens is 2. The number of benzene rings is 1. The fourth-order valence-electron chi connectivity index (χ4n) is 3.14. The molecule has 0 radical (unpaired) electrons. The molecule has 1 aliphatic rings. The Labute approximate surface area is 161 Å². The number of hydrogen-bond donors (Lipinski definition) is 1. The maximum atomic E-state index is 12.6. The van der Waals surface area contributed by atoms with Crippen molar-refractivity contribution in [3.8, 4) is 0 Å². The molecule has 2 aromatic rings. The van der Waals surface area contributed by atoms with E-state index in [1.807, 2.05) is 50.2 Å². The van der Waals surface area contributed by atoms with Crippen LogP contribution in [0, 0.1) is 6.92 Å². The number of nitrogens with zero attached hydrogens (tertiary/aromatic N) is 5. The SMILES string of the molecule is CCN1CCN(c2ncc(C(=O)Nc3ccc(N(C)C)cc3)c(C)n2)CC1. The number of hydrogen-bond acceptors (Lipinski definition) is 6. The standard InChI is InChI=1S/C20H28N6O/c1-5-25-10-12-26(13-11-25)20-21-14-18(15(2)22-20)19(27)23-16-6-8-17(9-7-16)24(3)4/h6-9,14H,5,10-13H2,1-4H3,(H,23,27). The van der Waals surface area contributed by atoms with Crippen molar-refractivity contribution < 1.29 is 4.79 Å². The first-order valence-electron chi connectivity index (χ1n) is 9.37. The number of amides is 1. The second-order valence-electron chi connectivity index (χ2n) is 6.99. The van der Waals surface area contributed by atoms with Crippen LogP contribution in [0.4, 0.5) is 17.3 Å². The van der Waals surface area contributed by atoms with Gasteiger partial charge in [0.2, 0.25) is 5.95 Å². The molecular weight excluding hydrogens is 340 g/mol. The molecule has 2 heterocycles. The Hall–Kier alpha value is -2.67. The van der Waals surface area contributed by atoms with Gasteiger partial charge in [-0.3, -0.25) is 4.79 Å². The van der Waals surface area contributed by atoms with Crippen LogP contribution in [0.15, 0.2) is 30.5 Å². The van der Waals surface area contributed by atoms with Crippen molar-refractivity contribution in [2.75, 3.05) is 61.9 Å². The minimum absolute atomic E-state index is 0.188. The monoisotopic (exact) mass is 368 g/mol. The zero-order valence-corrected chi connectivity index (χ0v) is 16.6. The van der Waals surface area contributed by atoms with Crippen LogP contribution in [0.3, 0.4) is 0 Å². The summed E-state index contributed by atoms with van der Waals surface area (Å²) in [5.41, 5.74) is 3.03. The van der Waals surface area contributed by atoms with Gasteiger partial charge in [-0.25, -0.2) is 9.97 Å². The normalized spacial score (nSPS) is 14.9. The van der Waals surface area contributed by atoms with E-state index in [4.69, 9.17) is 0 Å². The first kappa shape index (κ1) is 19.1. The van der Waals surface area contributed by atoms with Crippen LogP contribution in [0.25, 0.3) is 0 Å². The Morgan fingerprint density at radius 1 is 1.15 bits per heavy atom. The van der Waals surface area contributed by atoms with Gasteiger partial charge >= 0.3 is 0 Å². The largest absolute Gasteiger partial charge is 0.378 e. The average molecular weight is 368 g/mol. The number of likely N-dealkylation sites (N-methyl/N-ethyl adjacent to an activating group) is 1. The molecule has 0 unspecified atom stereocenters. The fourth-order valence-corrected chi connectivity index (χ4v) is 3.14. The summed E-state index contributed by atoms with van der Waals surface area (Å²) in [6.45, 7) is 8.97. The highest BCUT2D eigenvalue weighted by Crippen LogP contribution is 2.18. The Bertz CT molecular complexity index is 782. The maximum Gasteiger partial charge on any atom is 0.259 e. The minimum Gasteiger partial charge on any atom is -0.378 e. The number of piperazine rings is 1. The predicted molar refractivity (Wildman–Crippen MR) is 110 cm³/mol. The van der Waals surface area contributed by atoms with E-state index in [1.54, 1.807) is 6.20 Å². The summed E-state index contributed by atoms with van der Waals surface area (Å²) in [6, 6.07) is 7.73. The van der Waals surface area contributed by atoms with E-state index in [-0.39, 0.29) is 5.91 Å². The predicted octanol–water partition coefficient (Wildman–Crippen LogP) is 2.25. The first-order chi connectivity index (χ1) is 13.0. The number of carbonyl (C=O) groups is 1. The number of carbonyl (C=O) groups excluding carboxylic acids is 1. The lowest BCUT2D eigenvalue weighted by molar-refractivity contribution is 0.102. The molecule has 1 fully saturated rings. The molecule has 0 aliphatic carbocycles. The lowest BCUT2D eigenvalue weighted by Crippen LogP contribution is -2.46. The van der Waals surface area contributed by atoms with Crippen molar-refractivity contribution in [3.05, 3.63) is 41.7 Å². The molecule has 0 saturated carbocycles. The summed E-state index contributed by atoms with van der Waals surface area (Å²) in [6.07, 6.45) is 1.63. The quantitative estimate of drug-likeness (QED) is 0.873. The lowest BCUT2D eigenvalue weighted by atomic mass is 10.2. The highest BCUT2D eigenvalue weighted by Gasteiger charge is 2.19. The van der Waals surface area contributed by atoms with Gasteiger partial charge in [-0.05, 0) is 37.7 Å². The van der Waals surface area contributed by atoms with Gasteiger partial charge < -0.3 is 20.0 Å². The second-order valence-corrected chi connectivity index (χ2v) is 6.99. The molecule has 1 N–H and O–H groups in total. The Balaban J connectivity index is 1.67. The van der Waals surface area contributed by atoms with E-state index < -0.39 is 0 Å². The fraction of sp³-hybridized carbons (Fsp3) is 0.450. The molecule has 1 aromatic heterocycles. The van der Waals surface area contributed by atoms with Crippen molar-refractivity contribution in [1.82, 2.24) is 14.9 Å². The molecule has 144 valence electrons. The summed E-state index contributed by atoms with van der Waals surface area (Å²) >= 11 is 0. The number of rotatable bonds is 5. The molecule has 7 nitrogen and oxygen atoms in total. The van der Waals surface area contributed by atoms with Crippen molar-refractivity contribution in [3.63, 3.8) is 0 Å². The molecule has 0 spiro atoms. The van der Waals surface area contributed by atoms with E-state index >= 15 is 0 Å². The molecule has 0 atom stereocenters.